The van der Waals surface area contributed by atoms with Crippen molar-refractivity contribution in [1.29, 1.82) is 0 Å². The predicted molar refractivity (Wildman–Crippen MR) is 68.8 cm³/mol. The standard InChI is InChI=1S/C12H15NO4S/c1-13(17-18(2,15)16)12(14)10-6-9-11-7-4-3-5-8-11/h3-9H,10H2,1-2H3/b9-6+. The maximum atomic E-state index is 11.5. The van der Waals surface area contributed by atoms with Crippen molar-refractivity contribution in [2.75, 3.05) is 13.3 Å². The second-order valence-electron chi connectivity index (χ2n) is 3.69. The Hall–Kier alpha value is -1.66. The molecule has 98 valence electrons. The minimum Gasteiger partial charge on any atom is -0.272 e. The van der Waals surface area contributed by atoms with Gasteiger partial charge >= 0.3 is 0 Å². The summed E-state index contributed by atoms with van der Waals surface area (Å²) in [5.74, 6) is -0.437. The van der Waals surface area contributed by atoms with Crippen LogP contribution in [0, 0.1) is 0 Å². The van der Waals surface area contributed by atoms with Crippen LogP contribution in [0.2, 0.25) is 0 Å². The fourth-order valence-electron chi connectivity index (χ4n) is 1.23. The number of rotatable bonds is 5. The summed E-state index contributed by atoms with van der Waals surface area (Å²) in [6, 6.07) is 9.48. The van der Waals surface area contributed by atoms with Gasteiger partial charge in [0.1, 0.15) is 0 Å². The van der Waals surface area contributed by atoms with Crippen LogP contribution in [0.3, 0.4) is 0 Å². The molecule has 0 fully saturated rings. The molecule has 0 saturated carbocycles. The number of carbonyl (C=O) groups excluding carboxylic acids is 1. The highest BCUT2D eigenvalue weighted by atomic mass is 32.2. The van der Waals surface area contributed by atoms with Crippen molar-refractivity contribution in [1.82, 2.24) is 5.06 Å². The summed E-state index contributed by atoms with van der Waals surface area (Å²) in [4.78, 5) is 11.5. The van der Waals surface area contributed by atoms with Gasteiger partial charge in [0.25, 0.3) is 16.0 Å². The van der Waals surface area contributed by atoms with E-state index in [-0.39, 0.29) is 6.42 Å². The lowest BCUT2D eigenvalue weighted by molar-refractivity contribution is -0.150. The minimum absolute atomic E-state index is 0.0704. The quantitative estimate of drug-likeness (QED) is 0.759. The molecule has 0 atom stereocenters. The van der Waals surface area contributed by atoms with Gasteiger partial charge in [0, 0.05) is 13.5 Å². The third kappa shape index (κ3) is 5.60. The summed E-state index contributed by atoms with van der Waals surface area (Å²) in [6.07, 6.45) is 4.39. The molecule has 0 aliphatic carbocycles. The fraction of sp³-hybridized carbons (Fsp3) is 0.250. The highest BCUT2D eigenvalue weighted by molar-refractivity contribution is 7.85. The fourth-order valence-corrected chi connectivity index (χ4v) is 1.72. The third-order valence-corrected chi connectivity index (χ3v) is 2.50. The molecule has 0 aliphatic rings. The van der Waals surface area contributed by atoms with Crippen molar-refractivity contribution in [2.24, 2.45) is 0 Å². The monoisotopic (exact) mass is 269 g/mol. The van der Waals surface area contributed by atoms with Gasteiger partial charge in [-0.25, -0.2) is 5.06 Å². The van der Waals surface area contributed by atoms with Crippen molar-refractivity contribution < 1.29 is 17.5 Å². The molecular formula is C12H15NO4S. The summed E-state index contributed by atoms with van der Waals surface area (Å²) in [5, 5.41) is 0.713. The maximum absolute atomic E-state index is 11.5. The van der Waals surface area contributed by atoms with Crippen LogP contribution in [-0.2, 0) is 19.2 Å². The van der Waals surface area contributed by atoms with Gasteiger partial charge in [0.2, 0.25) is 0 Å². The zero-order valence-electron chi connectivity index (χ0n) is 10.2. The Morgan fingerprint density at radius 3 is 2.50 bits per heavy atom. The number of hydrogen-bond acceptors (Lipinski definition) is 4. The number of benzene rings is 1. The van der Waals surface area contributed by atoms with E-state index in [1.807, 2.05) is 30.3 Å². The molecule has 0 N–H and O–H groups in total. The van der Waals surface area contributed by atoms with Crippen LogP contribution in [-0.4, -0.2) is 32.7 Å². The first-order valence-corrected chi connectivity index (χ1v) is 7.08. The average molecular weight is 269 g/mol. The Balaban J connectivity index is 2.49. The number of carbonyl (C=O) groups is 1. The van der Waals surface area contributed by atoms with Gasteiger partial charge in [-0.3, -0.25) is 4.79 Å². The van der Waals surface area contributed by atoms with Crippen molar-refractivity contribution in [3.05, 3.63) is 42.0 Å². The van der Waals surface area contributed by atoms with E-state index in [1.165, 1.54) is 7.05 Å². The van der Waals surface area contributed by atoms with Gasteiger partial charge in [-0.05, 0) is 5.56 Å². The number of amides is 1. The Labute approximate surface area is 107 Å². The smallest absolute Gasteiger partial charge is 0.272 e. The van der Waals surface area contributed by atoms with Crippen LogP contribution in [0.1, 0.15) is 12.0 Å². The Morgan fingerprint density at radius 2 is 1.94 bits per heavy atom. The molecule has 0 aromatic heterocycles. The summed E-state index contributed by atoms with van der Waals surface area (Å²) in [6.45, 7) is 0. The van der Waals surface area contributed by atoms with Crippen LogP contribution in [0.15, 0.2) is 36.4 Å². The van der Waals surface area contributed by atoms with Crippen LogP contribution < -0.4 is 0 Å². The van der Waals surface area contributed by atoms with E-state index in [0.29, 0.717) is 5.06 Å². The van der Waals surface area contributed by atoms with Gasteiger partial charge in [0.15, 0.2) is 0 Å². The maximum Gasteiger partial charge on any atom is 0.285 e. The molecule has 1 aromatic rings. The molecule has 1 aromatic carbocycles. The largest absolute Gasteiger partial charge is 0.285 e. The van der Waals surface area contributed by atoms with Gasteiger partial charge in [-0.2, -0.15) is 8.42 Å². The van der Waals surface area contributed by atoms with Crippen LogP contribution in [0.5, 0.6) is 0 Å². The second-order valence-corrected chi connectivity index (χ2v) is 5.24. The lowest BCUT2D eigenvalue weighted by atomic mass is 10.2. The van der Waals surface area contributed by atoms with Gasteiger partial charge in [-0.15, -0.1) is 4.28 Å². The van der Waals surface area contributed by atoms with Crippen molar-refractivity contribution in [2.45, 2.75) is 6.42 Å². The van der Waals surface area contributed by atoms with Crippen molar-refractivity contribution >= 4 is 22.1 Å². The average Bonchev–Trinajstić information content (AvgIpc) is 2.28. The first-order valence-electron chi connectivity index (χ1n) is 5.26. The third-order valence-electron chi connectivity index (χ3n) is 2.00. The molecule has 6 heteroatoms. The first kappa shape index (κ1) is 14.4. The number of nitrogens with zero attached hydrogens (tertiary/aromatic N) is 1. The first-order chi connectivity index (χ1) is 8.38. The van der Waals surface area contributed by atoms with E-state index < -0.39 is 16.0 Å². The minimum atomic E-state index is -3.66. The molecule has 0 heterocycles. The molecule has 0 saturated heterocycles. The molecule has 0 radical (unpaired) electrons. The highest BCUT2D eigenvalue weighted by Gasteiger charge is 2.13. The summed E-state index contributed by atoms with van der Waals surface area (Å²) >= 11 is 0. The Kier molecular flexibility index (Phi) is 5.06. The molecule has 1 rings (SSSR count). The van der Waals surface area contributed by atoms with Gasteiger partial charge in [0.05, 0.1) is 6.26 Å². The Morgan fingerprint density at radius 1 is 1.33 bits per heavy atom. The van der Waals surface area contributed by atoms with E-state index in [0.717, 1.165) is 11.8 Å². The van der Waals surface area contributed by atoms with E-state index >= 15 is 0 Å². The molecule has 0 aliphatic heterocycles. The van der Waals surface area contributed by atoms with E-state index in [2.05, 4.69) is 4.28 Å². The predicted octanol–water partition coefficient (Wildman–Crippen LogP) is 1.44. The SMILES string of the molecule is CN(OS(C)(=O)=O)C(=O)C/C=C/c1ccccc1. The zero-order chi connectivity index (χ0) is 13.6. The molecule has 0 unspecified atom stereocenters. The van der Waals surface area contributed by atoms with Crippen LogP contribution in [0.4, 0.5) is 0 Å². The van der Waals surface area contributed by atoms with Crippen LogP contribution in [0.25, 0.3) is 6.08 Å². The highest BCUT2D eigenvalue weighted by Crippen LogP contribution is 2.03. The number of hydrogen-bond donors (Lipinski definition) is 0. The molecule has 1 amide bonds. The normalized spacial score (nSPS) is 11.7. The van der Waals surface area contributed by atoms with E-state index in [4.69, 9.17) is 0 Å². The lowest BCUT2D eigenvalue weighted by Crippen LogP contribution is -2.28. The molecule has 5 nitrogen and oxygen atoms in total. The van der Waals surface area contributed by atoms with Gasteiger partial charge in [-0.1, -0.05) is 42.5 Å². The van der Waals surface area contributed by atoms with Crippen molar-refractivity contribution in [3.8, 4) is 0 Å². The Bertz CT molecular complexity index is 522. The summed E-state index contributed by atoms with van der Waals surface area (Å²) in [5.41, 5.74) is 0.969. The zero-order valence-corrected chi connectivity index (χ0v) is 11.1. The summed E-state index contributed by atoms with van der Waals surface area (Å²) in [7, 11) is -2.40. The van der Waals surface area contributed by atoms with Gasteiger partial charge < -0.3 is 0 Å². The molecular weight excluding hydrogens is 254 g/mol. The topological polar surface area (TPSA) is 63.7 Å². The lowest BCUT2D eigenvalue weighted by Gasteiger charge is -2.13. The summed E-state index contributed by atoms with van der Waals surface area (Å²) < 4.78 is 26.0. The number of hydroxylamine groups is 2. The molecule has 18 heavy (non-hydrogen) atoms. The van der Waals surface area contributed by atoms with E-state index in [9.17, 15) is 13.2 Å². The van der Waals surface area contributed by atoms with Crippen molar-refractivity contribution in [3.63, 3.8) is 0 Å². The molecule has 0 bridgehead atoms. The van der Waals surface area contributed by atoms with E-state index in [1.54, 1.807) is 12.2 Å². The molecule has 0 spiro atoms. The second kappa shape index (κ2) is 6.32. The van der Waals surface area contributed by atoms with Crippen LogP contribution >= 0.6 is 0 Å².